The van der Waals surface area contributed by atoms with Crippen LogP contribution in [0, 0.1) is 0 Å². The number of aliphatic hydroxyl groups is 1. The third-order valence-electron chi connectivity index (χ3n) is 8.70. The van der Waals surface area contributed by atoms with Crippen LogP contribution in [0.25, 0.3) is 0 Å². The number of aliphatic hydroxyl groups excluding tert-OH is 1. The van der Waals surface area contributed by atoms with Crippen LogP contribution in [0.3, 0.4) is 0 Å². The Balaban J connectivity index is 0. The van der Waals surface area contributed by atoms with Crippen LogP contribution in [0.1, 0.15) is 220 Å². The number of carboxylic acids is 2. The van der Waals surface area contributed by atoms with Gasteiger partial charge in [-0.1, -0.05) is 149 Å². The number of carbonyl (C=O) groups is 3. The van der Waals surface area contributed by atoms with Crippen molar-refractivity contribution < 1.29 is 34.4 Å². The Labute approximate surface area is 284 Å². The molecule has 0 saturated carbocycles. The molecule has 0 aliphatic carbocycles. The fourth-order valence-corrected chi connectivity index (χ4v) is 5.71. The van der Waals surface area contributed by atoms with Crippen molar-refractivity contribution in [2.45, 2.75) is 232 Å². The minimum absolute atomic E-state index is 0.0677. The lowest BCUT2D eigenvalue weighted by atomic mass is 10.0. The summed E-state index contributed by atoms with van der Waals surface area (Å²) in [6, 6.07) is 0. The van der Waals surface area contributed by atoms with E-state index in [-0.39, 0.29) is 18.2 Å². The molecule has 274 valence electrons. The van der Waals surface area contributed by atoms with E-state index in [0.29, 0.717) is 19.3 Å². The number of esters is 1. The summed E-state index contributed by atoms with van der Waals surface area (Å²) in [5.41, 5.74) is 0. The maximum absolute atomic E-state index is 11.6. The Morgan fingerprint density at radius 1 is 0.457 bits per heavy atom. The van der Waals surface area contributed by atoms with Crippen molar-refractivity contribution in [2.75, 3.05) is 0 Å². The molecule has 0 amide bonds. The molecular formula is C39H76O7. The first kappa shape index (κ1) is 46.5. The molecule has 0 aromatic rings. The molecule has 0 saturated heterocycles. The largest absolute Gasteiger partial charge is 0.481 e. The summed E-state index contributed by atoms with van der Waals surface area (Å²) in [6.07, 6.45) is 33.0. The maximum atomic E-state index is 11.6. The molecule has 3 N–H and O–H groups in total. The van der Waals surface area contributed by atoms with E-state index in [0.717, 1.165) is 83.5 Å². The molecule has 0 spiro atoms. The summed E-state index contributed by atoms with van der Waals surface area (Å²) in [5, 5.41) is 26.9. The number of hydrogen-bond donors (Lipinski definition) is 3. The molecule has 2 unspecified atom stereocenters. The molecule has 0 heterocycles. The van der Waals surface area contributed by atoms with Crippen LogP contribution in [0.15, 0.2) is 0 Å². The molecule has 0 aromatic heterocycles. The first-order valence-electron chi connectivity index (χ1n) is 19.6. The van der Waals surface area contributed by atoms with Gasteiger partial charge in [0.05, 0.1) is 6.10 Å². The van der Waals surface area contributed by atoms with Crippen molar-refractivity contribution in [3.8, 4) is 0 Å². The molecule has 0 radical (unpaired) electrons. The van der Waals surface area contributed by atoms with E-state index in [1.807, 2.05) is 6.92 Å². The zero-order chi connectivity index (χ0) is 34.5. The quantitative estimate of drug-likeness (QED) is 0.0465. The van der Waals surface area contributed by atoms with Crippen LogP contribution in [0.2, 0.25) is 0 Å². The van der Waals surface area contributed by atoms with Crippen LogP contribution < -0.4 is 0 Å². The van der Waals surface area contributed by atoms with Crippen LogP contribution in [0.4, 0.5) is 0 Å². The van der Waals surface area contributed by atoms with Crippen molar-refractivity contribution in [1.82, 2.24) is 0 Å². The van der Waals surface area contributed by atoms with Gasteiger partial charge in [-0.05, 0) is 51.4 Å². The summed E-state index contributed by atoms with van der Waals surface area (Å²) in [4.78, 5) is 32.3. The van der Waals surface area contributed by atoms with Crippen LogP contribution in [-0.4, -0.2) is 45.4 Å². The van der Waals surface area contributed by atoms with E-state index in [4.69, 9.17) is 14.9 Å². The number of hydrogen-bond acceptors (Lipinski definition) is 5. The zero-order valence-electron chi connectivity index (χ0n) is 30.5. The SMILES string of the molecule is CCCCCCC(CCCCCCCCCCC(=O)O)OC(=O)CC.CCCCCCC(O)CCCCCCCCCCC(=O)O. The summed E-state index contributed by atoms with van der Waals surface area (Å²) in [5.74, 6) is -1.43. The van der Waals surface area contributed by atoms with Crippen molar-refractivity contribution in [1.29, 1.82) is 0 Å². The molecule has 46 heavy (non-hydrogen) atoms. The Kier molecular flexibility index (Phi) is 38.2. The van der Waals surface area contributed by atoms with Crippen molar-refractivity contribution in [3.05, 3.63) is 0 Å². The summed E-state index contributed by atoms with van der Waals surface area (Å²) in [6.45, 7) is 6.27. The second-order valence-electron chi connectivity index (χ2n) is 13.3. The van der Waals surface area contributed by atoms with E-state index < -0.39 is 11.9 Å². The number of carboxylic acid groups (broad SMARTS) is 2. The first-order valence-corrected chi connectivity index (χ1v) is 19.6. The predicted molar refractivity (Wildman–Crippen MR) is 191 cm³/mol. The van der Waals surface area contributed by atoms with E-state index in [2.05, 4.69) is 13.8 Å². The molecule has 0 aliphatic heterocycles. The molecule has 0 fully saturated rings. The summed E-state index contributed by atoms with van der Waals surface area (Å²) < 4.78 is 5.58. The number of ether oxygens (including phenoxy) is 1. The predicted octanol–water partition coefficient (Wildman–Crippen LogP) is 11.6. The van der Waals surface area contributed by atoms with Gasteiger partial charge in [0.1, 0.15) is 6.10 Å². The van der Waals surface area contributed by atoms with Gasteiger partial charge in [0.25, 0.3) is 0 Å². The average molecular weight is 657 g/mol. The third kappa shape index (κ3) is 40.4. The highest BCUT2D eigenvalue weighted by Crippen LogP contribution is 2.18. The van der Waals surface area contributed by atoms with Gasteiger partial charge in [-0.15, -0.1) is 0 Å². The van der Waals surface area contributed by atoms with Crippen molar-refractivity contribution in [2.24, 2.45) is 0 Å². The smallest absolute Gasteiger partial charge is 0.305 e. The molecular weight excluding hydrogens is 580 g/mol. The Hall–Kier alpha value is -1.63. The van der Waals surface area contributed by atoms with Crippen LogP contribution in [-0.2, 0) is 19.1 Å². The van der Waals surface area contributed by atoms with E-state index >= 15 is 0 Å². The van der Waals surface area contributed by atoms with Gasteiger partial charge in [-0.3, -0.25) is 14.4 Å². The van der Waals surface area contributed by atoms with Crippen LogP contribution in [0.5, 0.6) is 0 Å². The highest BCUT2D eigenvalue weighted by Gasteiger charge is 2.13. The fourth-order valence-electron chi connectivity index (χ4n) is 5.71. The summed E-state index contributed by atoms with van der Waals surface area (Å²) >= 11 is 0. The average Bonchev–Trinajstić information content (AvgIpc) is 3.02. The lowest BCUT2D eigenvalue weighted by Gasteiger charge is -2.17. The lowest BCUT2D eigenvalue weighted by Crippen LogP contribution is -2.17. The van der Waals surface area contributed by atoms with Gasteiger partial charge >= 0.3 is 17.9 Å². The van der Waals surface area contributed by atoms with Gasteiger partial charge in [0.15, 0.2) is 0 Å². The fraction of sp³-hybridized carbons (Fsp3) is 0.923. The van der Waals surface area contributed by atoms with Gasteiger partial charge in [0, 0.05) is 19.3 Å². The van der Waals surface area contributed by atoms with E-state index in [1.54, 1.807) is 0 Å². The van der Waals surface area contributed by atoms with Gasteiger partial charge in [-0.25, -0.2) is 0 Å². The zero-order valence-corrected chi connectivity index (χ0v) is 30.5. The molecule has 7 nitrogen and oxygen atoms in total. The molecule has 2 atom stereocenters. The number of aliphatic carboxylic acids is 2. The van der Waals surface area contributed by atoms with Gasteiger partial charge in [0.2, 0.25) is 0 Å². The Morgan fingerprint density at radius 2 is 0.761 bits per heavy atom. The maximum Gasteiger partial charge on any atom is 0.305 e. The molecule has 0 aliphatic rings. The molecule has 7 heteroatoms. The minimum atomic E-state index is -0.687. The second-order valence-corrected chi connectivity index (χ2v) is 13.3. The molecule has 0 bridgehead atoms. The monoisotopic (exact) mass is 657 g/mol. The Morgan fingerprint density at radius 3 is 1.09 bits per heavy atom. The van der Waals surface area contributed by atoms with Crippen molar-refractivity contribution >= 4 is 17.9 Å². The lowest BCUT2D eigenvalue weighted by molar-refractivity contribution is -0.149. The number of carbonyl (C=O) groups excluding carboxylic acids is 1. The third-order valence-corrected chi connectivity index (χ3v) is 8.70. The Bertz CT molecular complexity index is 667. The van der Waals surface area contributed by atoms with Gasteiger partial charge in [-0.2, -0.15) is 0 Å². The number of rotatable bonds is 34. The standard InChI is InChI=1S/C21H40O4.C18H36O3/c1-3-5-6-13-16-19(25-21(24)4-2)17-14-11-9-7-8-10-12-15-18-20(22)23;1-2-3-4-11-14-17(19)15-12-9-7-5-6-8-10-13-16-18(20)21/h19H,3-18H2,1-2H3,(H,22,23);17,19H,2-16H2,1H3,(H,20,21). The topological polar surface area (TPSA) is 121 Å². The molecule has 0 rings (SSSR count). The highest BCUT2D eigenvalue weighted by molar-refractivity contribution is 5.69. The van der Waals surface area contributed by atoms with E-state index in [1.165, 1.54) is 96.3 Å². The van der Waals surface area contributed by atoms with Gasteiger partial charge < -0.3 is 20.1 Å². The van der Waals surface area contributed by atoms with E-state index in [9.17, 15) is 19.5 Å². The molecule has 0 aromatic carbocycles. The summed E-state index contributed by atoms with van der Waals surface area (Å²) in [7, 11) is 0. The normalized spacial score (nSPS) is 12.3. The van der Waals surface area contributed by atoms with Crippen LogP contribution >= 0.6 is 0 Å². The van der Waals surface area contributed by atoms with Crippen molar-refractivity contribution in [3.63, 3.8) is 0 Å². The first-order chi connectivity index (χ1) is 22.3. The minimum Gasteiger partial charge on any atom is -0.481 e. The highest BCUT2D eigenvalue weighted by atomic mass is 16.5. The second kappa shape index (κ2) is 37.8. The number of unbranched alkanes of at least 4 members (excludes halogenated alkanes) is 20.